The maximum Gasteiger partial charge on any atom is 0.197 e. The highest BCUT2D eigenvalue weighted by Crippen LogP contribution is 2.29. The van der Waals surface area contributed by atoms with Gasteiger partial charge < -0.3 is 0 Å². The van der Waals surface area contributed by atoms with E-state index in [1.165, 1.54) is 0 Å². The Morgan fingerprint density at radius 3 is 2.18 bits per heavy atom. The Hall–Kier alpha value is -0.420. The van der Waals surface area contributed by atoms with Gasteiger partial charge >= 0.3 is 0 Å². The molecule has 0 N–H and O–H groups in total. The van der Waals surface area contributed by atoms with Gasteiger partial charge in [0.1, 0.15) is 0 Å². The van der Waals surface area contributed by atoms with E-state index >= 15 is 0 Å². The van der Waals surface area contributed by atoms with Crippen molar-refractivity contribution >= 4 is 50.7 Å². The lowest BCUT2D eigenvalue weighted by Gasteiger charge is -2.04. The van der Waals surface area contributed by atoms with Crippen molar-refractivity contribution in [2.24, 2.45) is 0 Å². The van der Waals surface area contributed by atoms with Gasteiger partial charge in [-0.25, -0.2) is 14.4 Å². The number of aromatic nitrogens is 2. The van der Waals surface area contributed by atoms with Crippen LogP contribution in [0.15, 0.2) is 22.7 Å². The Bertz CT molecular complexity index is 569. The molecule has 0 atom stereocenters. The number of hydrogen-bond acceptors (Lipinski definition) is 2. The number of nitrogens with zero attached hydrogens (tertiary/aromatic N) is 2. The Morgan fingerprint density at radius 2 is 1.65 bits per heavy atom. The summed E-state index contributed by atoms with van der Waals surface area (Å²) >= 11 is 20.4. The molecule has 0 spiro atoms. The average Bonchev–Trinajstić information content (AvgIpc) is 2.29. The molecule has 2 rings (SSSR count). The predicted molar refractivity (Wildman–Crippen MR) is 70.2 cm³/mol. The molecule has 0 fully saturated rings. The molecule has 0 bridgehead atoms. The smallest absolute Gasteiger partial charge is 0.197 e. The van der Waals surface area contributed by atoms with E-state index in [1.807, 2.05) is 0 Å². The summed E-state index contributed by atoms with van der Waals surface area (Å²) in [6, 6.07) is 5.08. The number of benzene rings is 1. The summed E-state index contributed by atoms with van der Waals surface area (Å²) in [6.07, 6.45) is 0. The van der Waals surface area contributed by atoms with Gasteiger partial charge in [0, 0.05) is 10.0 Å². The second-order valence-corrected chi connectivity index (χ2v) is 5.05. The molecule has 7 heteroatoms. The minimum atomic E-state index is -0.833. The molecular weight excluding hydrogens is 353 g/mol. The third kappa shape index (κ3) is 2.71. The molecule has 88 valence electrons. The number of hydrogen-bond donors (Lipinski definition) is 0. The minimum absolute atomic E-state index is 0.218. The van der Waals surface area contributed by atoms with Gasteiger partial charge in [-0.2, -0.15) is 0 Å². The molecule has 0 saturated carbocycles. The normalized spacial score (nSPS) is 10.6. The zero-order valence-corrected chi connectivity index (χ0v) is 11.9. The highest BCUT2D eigenvalue weighted by molar-refractivity contribution is 9.10. The third-order valence-electron chi connectivity index (χ3n) is 1.95. The van der Waals surface area contributed by atoms with Crippen LogP contribution in [-0.4, -0.2) is 9.97 Å². The fourth-order valence-corrected chi connectivity index (χ4v) is 1.97. The molecule has 1 aromatic heterocycles. The Kier molecular flexibility index (Phi) is 3.88. The molecule has 0 aliphatic rings. The molecular formula is C10H3BrCl3FN2. The molecule has 2 nitrogen and oxygen atoms in total. The standard InChI is InChI=1S/C10H3BrCl3FN2/c11-5-2-1-4(3-6(5)12)10-16-8(13)7(15)9(14)17-10/h1-3H. The lowest BCUT2D eigenvalue weighted by Crippen LogP contribution is -1.94. The Labute approximate surface area is 120 Å². The van der Waals surface area contributed by atoms with Gasteiger partial charge in [-0.1, -0.05) is 34.8 Å². The van der Waals surface area contributed by atoms with Crippen LogP contribution in [0.1, 0.15) is 0 Å². The van der Waals surface area contributed by atoms with Crippen LogP contribution in [0.5, 0.6) is 0 Å². The summed E-state index contributed by atoms with van der Waals surface area (Å²) in [5.74, 6) is -0.615. The van der Waals surface area contributed by atoms with E-state index in [-0.39, 0.29) is 16.1 Å². The van der Waals surface area contributed by atoms with Crippen LogP contribution in [0, 0.1) is 5.82 Å². The second kappa shape index (κ2) is 5.06. The Morgan fingerprint density at radius 1 is 1.06 bits per heavy atom. The summed E-state index contributed by atoms with van der Waals surface area (Å²) in [5.41, 5.74) is 0.599. The second-order valence-electron chi connectivity index (χ2n) is 3.07. The molecule has 1 heterocycles. The fourth-order valence-electron chi connectivity index (χ4n) is 1.16. The van der Waals surface area contributed by atoms with Crippen molar-refractivity contribution in [1.29, 1.82) is 0 Å². The summed E-state index contributed by atoms with van der Waals surface area (Å²) in [6.45, 7) is 0. The molecule has 0 radical (unpaired) electrons. The first-order chi connectivity index (χ1) is 7.99. The lowest BCUT2D eigenvalue weighted by molar-refractivity contribution is 0.615. The van der Waals surface area contributed by atoms with Crippen LogP contribution >= 0.6 is 50.7 Å². The van der Waals surface area contributed by atoms with Crippen molar-refractivity contribution in [2.75, 3.05) is 0 Å². The maximum absolute atomic E-state index is 13.1. The van der Waals surface area contributed by atoms with E-state index < -0.39 is 5.82 Å². The Balaban J connectivity index is 2.57. The van der Waals surface area contributed by atoms with Crippen molar-refractivity contribution in [2.45, 2.75) is 0 Å². The molecule has 0 saturated heterocycles. The first-order valence-corrected chi connectivity index (χ1v) is 6.25. The zero-order valence-electron chi connectivity index (χ0n) is 8.02. The summed E-state index contributed by atoms with van der Waals surface area (Å²) in [7, 11) is 0. The average molecular weight is 356 g/mol. The zero-order chi connectivity index (χ0) is 12.6. The van der Waals surface area contributed by atoms with Gasteiger partial charge in [-0.15, -0.1) is 0 Å². The first-order valence-electron chi connectivity index (χ1n) is 4.33. The van der Waals surface area contributed by atoms with Crippen LogP contribution in [0.25, 0.3) is 11.4 Å². The van der Waals surface area contributed by atoms with Crippen LogP contribution in [-0.2, 0) is 0 Å². The summed E-state index contributed by atoms with van der Waals surface area (Å²) in [4.78, 5) is 7.59. The van der Waals surface area contributed by atoms with Crippen LogP contribution in [0.4, 0.5) is 4.39 Å². The predicted octanol–water partition coefficient (Wildman–Crippen LogP) is 5.01. The molecule has 0 aliphatic carbocycles. The van der Waals surface area contributed by atoms with Gasteiger partial charge in [0.2, 0.25) is 0 Å². The van der Waals surface area contributed by atoms with Crippen molar-refractivity contribution < 1.29 is 4.39 Å². The van der Waals surface area contributed by atoms with Gasteiger partial charge in [-0.3, -0.25) is 0 Å². The van der Waals surface area contributed by atoms with Gasteiger partial charge in [0.25, 0.3) is 0 Å². The van der Waals surface area contributed by atoms with E-state index in [1.54, 1.807) is 18.2 Å². The maximum atomic E-state index is 13.1. The minimum Gasteiger partial charge on any atom is -0.213 e. The van der Waals surface area contributed by atoms with Crippen molar-refractivity contribution in [1.82, 2.24) is 9.97 Å². The van der Waals surface area contributed by atoms with E-state index in [9.17, 15) is 4.39 Å². The third-order valence-corrected chi connectivity index (χ3v) is 3.68. The van der Waals surface area contributed by atoms with Crippen LogP contribution in [0.2, 0.25) is 15.3 Å². The molecule has 2 aromatic rings. The van der Waals surface area contributed by atoms with Crippen molar-refractivity contribution in [3.05, 3.63) is 43.8 Å². The van der Waals surface area contributed by atoms with Gasteiger partial charge in [0.15, 0.2) is 21.9 Å². The van der Waals surface area contributed by atoms with E-state index in [2.05, 4.69) is 25.9 Å². The first kappa shape index (κ1) is 13.0. The number of rotatable bonds is 1. The van der Waals surface area contributed by atoms with Crippen LogP contribution in [0.3, 0.4) is 0 Å². The summed E-state index contributed by atoms with van der Waals surface area (Å²) in [5, 5.41) is -0.152. The summed E-state index contributed by atoms with van der Waals surface area (Å²) < 4.78 is 13.9. The van der Waals surface area contributed by atoms with E-state index in [4.69, 9.17) is 34.8 Å². The molecule has 1 aromatic carbocycles. The van der Waals surface area contributed by atoms with Crippen molar-refractivity contribution in [3.63, 3.8) is 0 Å². The molecule has 17 heavy (non-hydrogen) atoms. The quantitative estimate of drug-likeness (QED) is 0.672. The van der Waals surface area contributed by atoms with Gasteiger partial charge in [0.05, 0.1) is 5.02 Å². The fraction of sp³-hybridized carbons (Fsp3) is 0. The SMILES string of the molecule is Fc1c(Cl)nc(-c2ccc(Br)c(Cl)c2)nc1Cl. The van der Waals surface area contributed by atoms with E-state index in [0.717, 1.165) is 4.47 Å². The number of halogens is 5. The largest absolute Gasteiger partial charge is 0.213 e. The molecule has 0 unspecified atom stereocenters. The van der Waals surface area contributed by atoms with Gasteiger partial charge in [-0.05, 0) is 34.1 Å². The monoisotopic (exact) mass is 354 g/mol. The molecule has 0 amide bonds. The molecule has 0 aliphatic heterocycles. The van der Waals surface area contributed by atoms with Crippen molar-refractivity contribution in [3.8, 4) is 11.4 Å². The van der Waals surface area contributed by atoms with E-state index in [0.29, 0.717) is 10.6 Å². The topological polar surface area (TPSA) is 25.8 Å². The lowest BCUT2D eigenvalue weighted by atomic mass is 10.2. The highest BCUT2D eigenvalue weighted by Gasteiger charge is 2.13. The highest BCUT2D eigenvalue weighted by atomic mass is 79.9. The van der Waals surface area contributed by atoms with Crippen LogP contribution < -0.4 is 0 Å².